The van der Waals surface area contributed by atoms with Crippen LogP contribution in [-0.4, -0.2) is 23.3 Å². The smallest absolute Gasteiger partial charge is 0.126 e. The summed E-state index contributed by atoms with van der Waals surface area (Å²) < 4.78 is 13.5. The maximum Gasteiger partial charge on any atom is 0.126 e. The van der Waals surface area contributed by atoms with Gasteiger partial charge in [0.2, 0.25) is 0 Å². The van der Waals surface area contributed by atoms with Gasteiger partial charge >= 0.3 is 0 Å². The van der Waals surface area contributed by atoms with Crippen molar-refractivity contribution in [2.75, 3.05) is 13.2 Å². The van der Waals surface area contributed by atoms with Crippen molar-refractivity contribution in [3.63, 3.8) is 0 Å². The summed E-state index contributed by atoms with van der Waals surface area (Å²) in [5.74, 6) is -0.221. The first-order chi connectivity index (χ1) is 12.5. The van der Waals surface area contributed by atoms with Gasteiger partial charge in [0.25, 0.3) is 0 Å². The van der Waals surface area contributed by atoms with E-state index in [0.717, 1.165) is 41.2 Å². The molecule has 2 aromatic rings. The van der Waals surface area contributed by atoms with E-state index in [1.54, 1.807) is 19.1 Å². The zero-order valence-electron chi connectivity index (χ0n) is 14.7. The van der Waals surface area contributed by atoms with Gasteiger partial charge in [-0.2, -0.15) is 0 Å². The number of halogens is 2. The van der Waals surface area contributed by atoms with Crippen LogP contribution in [0.3, 0.4) is 0 Å². The quantitative estimate of drug-likeness (QED) is 0.786. The second kappa shape index (κ2) is 8.39. The van der Waals surface area contributed by atoms with Gasteiger partial charge in [-0.25, -0.2) is 4.39 Å². The van der Waals surface area contributed by atoms with Gasteiger partial charge in [0, 0.05) is 17.8 Å². The first-order valence-electron chi connectivity index (χ1n) is 8.62. The van der Waals surface area contributed by atoms with E-state index >= 15 is 0 Å². The monoisotopic (exact) mass is 372 g/mol. The summed E-state index contributed by atoms with van der Waals surface area (Å²) >= 11 is 6.03. The molecule has 0 saturated heterocycles. The standard InChI is InChI=1S/C21H22ClFN2O/c1-15-10-18(7-8-20(15)23)21-12-17(14-26)13-25(24-21)9-3-5-16-4-2-6-19(22)11-16/h2,4,6-8,10-13,24,26H,3,5,9,14H2,1H3. The molecule has 0 radical (unpaired) electrons. The lowest BCUT2D eigenvalue weighted by Crippen LogP contribution is -2.36. The Kier molecular flexibility index (Phi) is 5.96. The van der Waals surface area contributed by atoms with E-state index in [-0.39, 0.29) is 12.4 Å². The SMILES string of the molecule is Cc1cc(C2=CC(CO)=CN(CCCc3cccc(Cl)c3)N2)ccc1F. The molecule has 2 aromatic carbocycles. The van der Waals surface area contributed by atoms with E-state index in [0.29, 0.717) is 5.56 Å². The number of aliphatic hydroxyl groups is 1. The van der Waals surface area contributed by atoms with Gasteiger partial charge in [-0.05, 0) is 78.4 Å². The van der Waals surface area contributed by atoms with Gasteiger partial charge < -0.3 is 5.11 Å². The number of rotatable bonds is 6. The number of aryl methyl sites for hydroxylation is 2. The highest BCUT2D eigenvalue weighted by molar-refractivity contribution is 6.30. The first-order valence-corrected chi connectivity index (χ1v) is 9.00. The normalized spacial score (nSPS) is 13.9. The maximum atomic E-state index is 13.5. The van der Waals surface area contributed by atoms with Crippen LogP contribution in [0.15, 0.2) is 60.3 Å². The van der Waals surface area contributed by atoms with Crippen LogP contribution in [0.25, 0.3) is 5.70 Å². The predicted molar refractivity (Wildman–Crippen MR) is 104 cm³/mol. The third kappa shape index (κ3) is 4.65. The lowest BCUT2D eigenvalue weighted by molar-refractivity contribution is 0.295. The highest BCUT2D eigenvalue weighted by Crippen LogP contribution is 2.21. The molecule has 0 saturated carbocycles. The molecule has 2 N–H and O–H groups in total. The number of hydrazine groups is 1. The minimum absolute atomic E-state index is 0.0455. The van der Waals surface area contributed by atoms with E-state index in [1.165, 1.54) is 11.6 Å². The highest BCUT2D eigenvalue weighted by Gasteiger charge is 2.13. The van der Waals surface area contributed by atoms with Crippen LogP contribution in [0.2, 0.25) is 5.02 Å². The van der Waals surface area contributed by atoms with Gasteiger partial charge in [0.15, 0.2) is 0 Å². The number of benzene rings is 2. The molecule has 3 nitrogen and oxygen atoms in total. The largest absolute Gasteiger partial charge is 0.392 e. The Morgan fingerprint density at radius 2 is 2.04 bits per heavy atom. The third-order valence-corrected chi connectivity index (χ3v) is 4.56. The van der Waals surface area contributed by atoms with Crippen molar-refractivity contribution in [1.82, 2.24) is 10.4 Å². The van der Waals surface area contributed by atoms with Gasteiger partial charge in [0.1, 0.15) is 5.82 Å². The Hall–Kier alpha value is -2.30. The Morgan fingerprint density at radius 1 is 1.19 bits per heavy atom. The molecule has 0 spiro atoms. The lowest BCUT2D eigenvalue weighted by atomic mass is 10.1. The zero-order chi connectivity index (χ0) is 18.5. The topological polar surface area (TPSA) is 35.5 Å². The summed E-state index contributed by atoms with van der Waals surface area (Å²) in [4.78, 5) is 0. The van der Waals surface area contributed by atoms with E-state index in [4.69, 9.17) is 11.6 Å². The van der Waals surface area contributed by atoms with Crippen molar-refractivity contribution in [1.29, 1.82) is 0 Å². The molecule has 0 fully saturated rings. The van der Waals surface area contributed by atoms with Crippen molar-refractivity contribution in [2.45, 2.75) is 19.8 Å². The second-order valence-electron chi connectivity index (χ2n) is 6.42. The minimum atomic E-state index is -0.221. The average Bonchev–Trinajstić information content (AvgIpc) is 2.64. The number of hydrogen-bond acceptors (Lipinski definition) is 3. The molecule has 1 aliphatic rings. The van der Waals surface area contributed by atoms with Gasteiger partial charge in [-0.1, -0.05) is 23.7 Å². The molecular formula is C21H22ClFN2O. The van der Waals surface area contributed by atoms with Gasteiger partial charge in [-0.3, -0.25) is 10.4 Å². The molecule has 3 rings (SSSR count). The summed E-state index contributed by atoms with van der Waals surface area (Å²) in [7, 11) is 0. The fraction of sp³-hybridized carbons (Fsp3) is 0.238. The molecule has 1 heterocycles. The van der Waals surface area contributed by atoms with Crippen LogP contribution >= 0.6 is 11.6 Å². The molecule has 0 unspecified atom stereocenters. The maximum absolute atomic E-state index is 13.5. The summed E-state index contributed by atoms with van der Waals surface area (Å²) in [5, 5.41) is 12.3. The van der Waals surface area contributed by atoms with E-state index in [9.17, 15) is 9.50 Å². The lowest BCUT2D eigenvalue weighted by Gasteiger charge is -2.29. The molecule has 0 atom stereocenters. The molecular weight excluding hydrogens is 351 g/mol. The van der Waals surface area contributed by atoms with Crippen molar-refractivity contribution in [2.24, 2.45) is 0 Å². The highest BCUT2D eigenvalue weighted by atomic mass is 35.5. The predicted octanol–water partition coefficient (Wildman–Crippen LogP) is 4.46. The van der Waals surface area contributed by atoms with Crippen molar-refractivity contribution < 1.29 is 9.50 Å². The molecule has 1 aliphatic heterocycles. The summed E-state index contributed by atoms with van der Waals surface area (Å²) in [5.41, 5.74) is 7.68. The summed E-state index contributed by atoms with van der Waals surface area (Å²) in [6.45, 7) is 2.47. The van der Waals surface area contributed by atoms with E-state index in [2.05, 4.69) is 11.5 Å². The van der Waals surface area contributed by atoms with Crippen molar-refractivity contribution >= 4 is 17.3 Å². The van der Waals surface area contributed by atoms with Crippen molar-refractivity contribution in [3.05, 3.63) is 87.8 Å². The van der Waals surface area contributed by atoms with Crippen LogP contribution in [0, 0.1) is 12.7 Å². The summed E-state index contributed by atoms with van der Waals surface area (Å²) in [6, 6.07) is 12.9. The Balaban J connectivity index is 1.66. The zero-order valence-corrected chi connectivity index (χ0v) is 15.4. The molecule has 0 bridgehead atoms. The van der Waals surface area contributed by atoms with Crippen molar-refractivity contribution in [3.8, 4) is 0 Å². The number of nitrogens with one attached hydrogen (secondary N) is 1. The second-order valence-corrected chi connectivity index (χ2v) is 6.86. The van der Waals surface area contributed by atoms with Gasteiger partial charge in [-0.15, -0.1) is 0 Å². The van der Waals surface area contributed by atoms with Crippen LogP contribution in [0.1, 0.15) is 23.1 Å². The van der Waals surface area contributed by atoms with Crippen LogP contribution in [0.5, 0.6) is 0 Å². The minimum Gasteiger partial charge on any atom is -0.392 e. The number of nitrogens with zero attached hydrogens (tertiary/aromatic N) is 1. The first kappa shape index (κ1) is 18.5. The van der Waals surface area contributed by atoms with Crippen LogP contribution in [-0.2, 0) is 6.42 Å². The molecule has 5 heteroatoms. The van der Waals surface area contributed by atoms with Crippen LogP contribution in [0.4, 0.5) is 4.39 Å². The molecule has 0 amide bonds. The van der Waals surface area contributed by atoms with E-state index in [1.807, 2.05) is 35.5 Å². The fourth-order valence-electron chi connectivity index (χ4n) is 2.96. The molecule has 136 valence electrons. The molecule has 26 heavy (non-hydrogen) atoms. The fourth-order valence-corrected chi connectivity index (χ4v) is 3.17. The average molecular weight is 373 g/mol. The third-order valence-electron chi connectivity index (χ3n) is 4.32. The Bertz CT molecular complexity index is 848. The van der Waals surface area contributed by atoms with Crippen LogP contribution < -0.4 is 5.43 Å². The number of hydrogen-bond donors (Lipinski definition) is 2. The van der Waals surface area contributed by atoms with Gasteiger partial charge in [0.05, 0.1) is 12.3 Å². The molecule has 0 aliphatic carbocycles. The molecule has 0 aromatic heterocycles. The number of aliphatic hydroxyl groups excluding tert-OH is 1. The summed E-state index contributed by atoms with van der Waals surface area (Å²) in [6.07, 6.45) is 5.63. The van der Waals surface area contributed by atoms with E-state index < -0.39 is 0 Å². The Morgan fingerprint density at radius 3 is 2.77 bits per heavy atom. The Labute approximate surface area is 158 Å².